The first-order chi connectivity index (χ1) is 6.16. The molecule has 3 N–H and O–H groups in total. The van der Waals surface area contributed by atoms with Crippen LogP contribution in [-0.2, 0) is 0 Å². The van der Waals surface area contributed by atoms with Crippen LogP contribution in [0.15, 0.2) is 4.79 Å². The largest absolute Gasteiger partial charge is 0.368 e. The Hall–Kier alpha value is -1.39. The minimum absolute atomic E-state index is 0.0613. The van der Waals surface area contributed by atoms with Gasteiger partial charge in [0.15, 0.2) is 0 Å². The summed E-state index contributed by atoms with van der Waals surface area (Å²) >= 11 is 0. The van der Waals surface area contributed by atoms with Gasteiger partial charge in [-0.05, 0) is 18.8 Å². The molecule has 0 spiro atoms. The van der Waals surface area contributed by atoms with Gasteiger partial charge in [-0.3, -0.25) is 4.98 Å². The molecule has 1 fully saturated rings. The first-order valence-corrected chi connectivity index (χ1v) is 4.40. The molecular weight excluding hydrogens is 168 g/mol. The maximum atomic E-state index is 11.0. The van der Waals surface area contributed by atoms with E-state index in [2.05, 4.69) is 21.9 Å². The van der Waals surface area contributed by atoms with Gasteiger partial charge >= 0.3 is 5.69 Å². The zero-order valence-corrected chi connectivity index (χ0v) is 7.45. The standard InChI is InChI=1S/C8H12N4O/c1-4(5-2-3-5)6-10-7(9)12-8(13)11-6/h4-5H,2-3H2,1H3,(H3,9,10,11,12,13). The average molecular weight is 180 g/mol. The summed E-state index contributed by atoms with van der Waals surface area (Å²) in [5.41, 5.74) is 4.97. The van der Waals surface area contributed by atoms with Crippen LogP contribution in [0, 0.1) is 5.92 Å². The van der Waals surface area contributed by atoms with Crippen molar-refractivity contribution in [3.63, 3.8) is 0 Å². The summed E-state index contributed by atoms with van der Waals surface area (Å²) in [5, 5.41) is 0. The van der Waals surface area contributed by atoms with Crippen molar-refractivity contribution in [3.8, 4) is 0 Å². The topological polar surface area (TPSA) is 84.7 Å². The number of nitrogen functional groups attached to an aromatic ring is 1. The Morgan fingerprint density at radius 1 is 1.54 bits per heavy atom. The Morgan fingerprint density at radius 3 is 2.77 bits per heavy atom. The third-order valence-corrected chi connectivity index (χ3v) is 2.45. The van der Waals surface area contributed by atoms with Gasteiger partial charge in [0.25, 0.3) is 0 Å². The van der Waals surface area contributed by atoms with Crippen molar-refractivity contribution in [1.82, 2.24) is 15.0 Å². The molecule has 2 rings (SSSR count). The van der Waals surface area contributed by atoms with E-state index in [0.29, 0.717) is 11.7 Å². The van der Waals surface area contributed by atoms with Crippen LogP contribution in [0.2, 0.25) is 0 Å². The number of nitrogens with one attached hydrogen (secondary N) is 1. The number of nitrogens with two attached hydrogens (primary N) is 1. The molecule has 0 saturated heterocycles. The van der Waals surface area contributed by atoms with Gasteiger partial charge in [0.05, 0.1) is 0 Å². The molecule has 1 unspecified atom stereocenters. The SMILES string of the molecule is CC(c1nc(N)nc(=O)[nH]1)C1CC1. The third-order valence-electron chi connectivity index (χ3n) is 2.45. The molecule has 5 nitrogen and oxygen atoms in total. The number of nitrogens with zero attached hydrogens (tertiary/aromatic N) is 2. The van der Waals surface area contributed by atoms with Crippen LogP contribution in [0.25, 0.3) is 0 Å². The van der Waals surface area contributed by atoms with E-state index in [-0.39, 0.29) is 11.9 Å². The van der Waals surface area contributed by atoms with E-state index < -0.39 is 5.69 Å². The number of anilines is 1. The molecule has 0 radical (unpaired) electrons. The van der Waals surface area contributed by atoms with E-state index in [1.807, 2.05) is 0 Å². The van der Waals surface area contributed by atoms with Crippen LogP contribution in [0.5, 0.6) is 0 Å². The van der Waals surface area contributed by atoms with Crippen LogP contribution in [0.4, 0.5) is 5.95 Å². The Morgan fingerprint density at radius 2 is 2.23 bits per heavy atom. The summed E-state index contributed by atoms with van der Waals surface area (Å²) < 4.78 is 0. The molecule has 1 atom stereocenters. The number of rotatable bonds is 2. The Labute approximate surface area is 75.4 Å². The van der Waals surface area contributed by atoms with E-state index in [1.54, 1.807) is 0 Å². The molecule has 0 bridgehead atoms. The van der Waals surface area contributed by atoms with E-state index in [0.717, 1.165) is 0 Å². The Kier molecular flexibility index (Phi) is 1.79. The van der Waals surface area contributed by atoms with Crippen molar-refractivity contribution in [2.45, 2.75) is 25.7 Å². The average Bonchev–Trinajstić information content (AvgIpc) is 2.83. The van der Waals surface area contributed by atoms with Crippen LogP contribution >= 0.6 is 0 Å². The van der Waals surface area contributed by atoms with Gasteiger partial charge in [-0.15, -0.1) is 0 Å². The Balaban J connectivity index is 2.33. The lowest BCUT2D eigenvalue weighted by molar-refractivity contribution is 0.613. The van der Waals surface area contributed by atoms with Crippen molar-refractivity contribution in [2.75, 3.05) is 5.73 Å². The van der Waals surface area contributed by atoms with Crippen molar-refractivity contribution < 1.29 is 0 Å². The molecule has 13 heavy (non-hydrogen) atoms. The highest BCUT2D eigenvalue weighted by Gasteiger charge is 2.30. The zero-order valence-electron chi connectivity index (χ0n) is 7.45. The molecule has 0 amide bonds. The fourth-order valence-corrected chi connectivity index (χ4v) is 1.45. The smallest absolute Gasteiger partial charge is 0.349 e. The van der Waals surface area contributed by atoms with Crippen LogP contribution in [-0.4, -0.2) is 15.0 Å². The highest BCUT2D eigenvalue weighted by molar-refractivity contribution is 5.15. The molecule has 0 aliphatic heterocycles. The molecule has 1 aliphatic rings. The second-order valence-corrected chi connectivity index (χ2v) is 3.52. The molecule has 1 aliphatic carbocycles. The lowest BCUT2D eigenvalue weighted by Crippen LogP contribution is -2.19. The second-order valence-electron chi connectivity index (χ2n) is 3.52. The van der Waals surface area contributed by atoms with E-state index >= 15 is 0 Å². The fraction of sp³-hybridized carbons (Fsp3) is 0.625. The quantitative estimate of drug-likeness (QED) is 0.683. The number of H-pyrrole nitrogens is 1. The van der Waals surface area contributed by atoms with Crippen molar-refractivity contribution in [2.24, 2.45) is 5.92 Å². The summed E-state index contributed by atoms with van der Waals surface area (Å²) in [6, 6.07) is 0. The van der Waals surface area contributed by atoms with Crippen molar-refractivity contribution in [1.29, 1.82) is 0 Å². The molecular formula is C8H12N4O. The molecule has 0 aromatic carbocycles. The van der Waals surface area contributed by atoms with Gasteiger partial charge < -0.3 is 5.73 Å². The number of hydrogen-bond acceptors (Lipinski definition) is 4. The monoisotopic (exact) mass is 180 g/mol. The van der Waals surface area contributed by atoms with E-state index in [4.69, 9.17) is 5.73 Å². The van der Waals surface area contributed by atoms with Gasteiger partial charge in [0.2, 0.25) is 5.95 Å². The summed E-state index contributed by atoms with van der Waals surface area (Å²) in [6.45, 7) is 2.05. The summed E-state index contributed by atoms with van der Waals surface area (Å²) in [5.74, 6) is 1.68. The second kappa shape index (κ2) is 2.83. The maximum Gasteiger partial charge on any atom is 0.349 e. The predicted molar refractivity (Wildman–Crippen MR) is 48.2 cm³/mol. The summed E-state index contributed by atoms with van der Waals surface area (Å²) in [4.78, 5) is 21.0. The number of hydrogen-bond donors (Lipinski definition) is 2. The normalized spacial score (nSPS) is 18.5. The van der Waals surface area contributed by atoms with Crippen molar-refractivity contribution >= 4 is 5.95 Å². The predicted octanol–water partition coefficient (Wildman–Crippen LogP) is 0.261. The first kappa shape index (κ1) is 8.22. The van der Waals surface area contributed by atoms with Crippen LogP contribution in [0.3, 0.4) is 0 Å². The van der Waals surface area contributed by atoms with Crippen LogP contribution in [0.1, 0.15) is 31.5 Å². The molecule has 1 aromatic rings. The van der Waals surface area contributed by atoms with Gasteiger partial charge in [-0.25, -0.2) is 4.79 Å². The lowest BCUT2D eigenvalue weighted by Gasteiger charge is -2.07. The Bertz CT molecular complexity index is 369. The maximum absolute atomic E-state index is 11.0. The number of aromatic nitrogens is 3. The summed E-state index contributed by atoms with van der Waals surface area (Å²) in [7, 11) is 0. The highest BCUT2D eigenvalue weighted by atomic mass is 16.1. The van der Waals surface area contributed by atoms with E-state index in [9.17, 15) is 4.79 Å². The lowest BCUT2D eigenvalue weighted by atomic mass is 10.1. The molecule has 1 heterocycles. The van der Waals surface area contributed by atoms with Gasteiger partial charge in [0.1, 0.15) is 5.82 Å². The molecule has 5 heteroatoms. The third kappa shape index (κ3) is 1.68. The fourth-order valence-electron chi connectivity index (χ4n) is 1.45. The van der Waals surface area contributed by atoms with Gasteiger partial charge in [-0.2, -0.15) is 9.97 Å². The van der Waals surface area contributed by atoms with E-state index in [1.165, 1.54) is 12.8 Å². The molecule has 1 aromatic heterocycles. The van der Waals surface area contributed by atoms with Crippen molar-refractivity contribution in [3.05, 3.63) is 16.3 Å². The minimum Gasteiger partial charge on any atom is -0.368 e. The first-order valence-electron chi connectivity index (χ1n) is 4.40. The molecule has 1 saturated carbocycles. The molecule has 70 valence electrons. The van der Waals surface area contributed by atoms with Gasteiger partial charge in [-0.1, -0.05) is 6.92 Å². The minimum atomic E-state index is -0.407. The summed E-state index contributed by atoms with van der Waals surface area (Å²) in [6.07, 6.45) is 2.43. The zero-order chi connectivity index (χ0) is 9.42. The van der Waals surface area contributed by atoms with Gasteiger partial charge in [0, 0.05) is 5.92 Å². The highest BCUT2D eigenvalue weighted by Crippen LogP contribution is 2.40. The van der Waals surface area contributed by atoms with Crippen LogP contribution < -0.4 is 11.4 Å². The number of aromatic amines is 1.